The lowest BCUT2D eigenvalue weighted by molar-refractivity contribution is -0.145. The molecule has 2 amide bonds. The Kier molecular flexibility index (Phi) is 10.6. The second kappa shape index (κ2) is 14.1. The molecule has 1 fully saturated rings. The molecule has 0 aliphatic carbocycles. The van der Waals surface area contributed by atoms with Crippen molar-refractivity contribution >= 4 is 50.9 Å². The lowest BCUT2D eigenvalue weighted by atomic mass is 10.1. The number of hydrogen-bond acceptors (Lipinski definition) is 5. The van der Waals surface area contributed by atoms with Crippen molar-refractivity contribution in [2.45, 2.75) is 38.6 Å². The maximum absolute atomic E-state index is 12.8. The highest BCUT2D eigenvalue weighted by Gasteiger charge is 2.20. The van der Waals surface area contributed by atoms with Crippen LogP contribution in [0.1, 0.15) is 29.5 Å². The first kappa shape index (κ1) is 29.4. The van der Waals surface area contributed by atoms with Crippen LogP contribution in [0.25, 0.3) is 0 Å². The molecule has 1 aliphatic rings. The standard InChI is InChI=1S/C29H29BrCl2N2O5/c1-34(17-21-6-7-22(30)14-27(21)39-24-8-9-25(31)26(32)15-24)29(36)28(35)33-16-19-2-4-20(5-3-19)18-38-23-10-12-37-13-11-23/h2-9,14-15,23H,10-13,16-18H2,1H3,(H,33,35). The molecule has 0 radical (unpaired) electrons. The number of rotatable bonds is 9. The Morgan fingerprint density at radius 3 is 2.44 bits per heavy atom. The normalized spacial score (nSPS) is 13.6. The minimum atomic E-state index is -0.687. The van der Waals surface area contributed by atoms with Crippen molar-refractivity contribution in [1.82, 2.24) is 10.2 Å². The molecule has 0 atom stereocenters. The second-order valence-electron chi connectivity index (χ2n) is 9.21. The van der Waals surface area contributed by atoms with Crippen molar-refractivity contribution in [1.29, 1.82) is 0 Å². The molecule has 39 heavy (non-hydrogen) atoms. The van der Waals surface area contributed by atoms with E-state index >= 15 is 0 Å². The number of nitrogens with one attached hydrogen (secondary N) is 1. The van der Waals surface area contributed by atoms with E-state index in [0.29, 0.717) is 33.7 Å². The van der Waals surface area contributed by atoms with Crippen molar-refractivity contribution < 1.29 is 23.8 Å². The first-order valence-corrected chi connectivity index (χ1v) is 14.0. The molecule has 1 aliphatic heterocycles. The number of carbonyl (C=O) groups is 2. The number of halogens is 3. The topological polar surface area (TPSA) is 77.1 Å². The van der Waals surface area contributed by atoms with Crippen LogP contribution in [0.4, 0.5) is 0 Å². The SMILES string of the molecule is CN(Cc1ccc(Br)cc1Oc1ccc(Cl)c(Cl)c1)C(=O)C(=O)NCc1ccc(COC2CCOCC2)cc1. The van der Waals surface area contributed by atoms with Gasteiger partial charge in [-0.25, -0.2) is 0 Å². The van der Waals surface area contributed by atoms with Gasteiger partial charge in [0.15, 0.2) is 0 Å². The van der Waals surface area contributed by atoms with E-state index in [1.807, 2.05) is 36.4 Å². The monoisotopic (exact) mass is 634 g/mol. The van der Waals surface area contributed by atoms with Gasteiger partial charge < -0.3 is 24.4 Å². The van der Waals surface area contributed by atoms with Gasteiger partial charge in [0.05, 0.1) is 22.8 Å². The molecule has 1 N–H and O–H groups in total. The Hall–Kier alpha value is -2.62. The minimum Gasteiger partial charge on any atom is -0.457 e. The molecular weight excluding hydrogens is 607 g/mol. The van der Waals surface area contributed by atoms with Crippen LogP contribution in [-0.2, 0) is 38.8 Å². The highest BCUT2D eigenvalue weighted by Crippen LogP contribution is 2.33. The molecule has 0 spiro atoms. The molecule has 1 saturated heterocycles. The van der Waals surface area contributed by atoms with Gasteiger partial charge in [-0.15, -0.1) is 0 Å². The van der Waals surface area contributed by atoms with Gasteiger partial charge in [-0.1, -0.05) is 69.5 Å². The molecular formula is C29H29BrCl2N2O5. The van der Waals surface area contributed by atoms with E-state index in [2.05, 4.69) is 21.2 Å². The summed E-state index contributed by atoms with van der Waals surface area (Å²) in [4.78, 5) is 26.7. The fourth-order valence-corrected chi connectivity index (χ4v) is 4.62. The van der Waals surface area contributed by atoms with Crippen LogP contribution in [-0.4, -0.2) is 43.1 Å². The molecule has 0 bridgehead atoms. The Morgan fingerprint density at radius 1 is 1.00 bits per heavy atom. The van der Waals surface area contributed by atoms with Gasteiger partial charge in [0.25, 0.3) is 0 Å². The number of ether oxygens (including phenoxy) is 3. The molecule has 1 heterocycles. The highest BCUT2D eigenvalue weighted by molar-refractivity contribution is 9.10. The average Bonchev–Trinajstić information content (AvgIpc) is 2.94. The largest absolute Gasteiger partial charge is 0.457 e. The highest BCUT2D eigenvalue weighted by atomic mass is 79.9. The first-order valence-electron chi connectivity index (χ1n) is 12.5. The van der Waals surface area contributed by atoms with Crippen LogP contribution in [0, 0.1) is 0 Å². The predicted octanol–water partition coefficient (Wildman–Crippen LogP) is 6.52. The van der Waals surface area contributed by atoms with Gasteiger partial charge >= 0.3 is 11.8 Å². The number of carbonyl (C=O) groups excluding carboxylic acids is 2. The fourth-order valence-electron chi connectivity index (χ4n) is 3.99. The molecule has 3 aromatic carbocycles. The number of nitrogens with zero attached hydrogens (tertiary/aromatic N) is 1. The van der Waals surface area contributed by atoms with Crippen LogP contribution < -0.4 is 10.1 Å². The van der Waals surface area contributed by atoms with Crippen molar-refractivity contribution in [3.63, 3.8) is 0 Å². The van der Waals surface area contributed by atoms with Gasteiger partial charge in [-0.3, -0.25) is 9.59 Å². The molecule has 4 rings (SSSR count). The average molecular weight is 636 g/mol. The van der Waals surface area contributed by atoms with Crippen LogP contribution in [0.15, 0.2) is 65.1 Å². The second-order valence-corrected chi connectivity index (χ2v) is 10.9. The van der Waals surface area contributed by atoms with Crippen LogP contribution >= 0.6 is 39.1 Å². The van der Waals surface area contributed by atoms with E-state index in [9.17, 15) is 9.59 Å². The summed E-state index contributed by atoms with van der Waals surface area (Å²) >= 11 is 15.6. The van der Waals surface area contributed by atoms with E-state index in [-0.39, 0.29) is 19.2 Å². The summed E-state index contributed by atoms with van der Waals surface area (Å²) in [6.07, 6.45) is 2.07. The van der Waals surface area contributed by atoms with E-state index in [0.717, 1.165) is 41.7 Å². The summed E-state index contributed by atoms with van der Waals surface area (Å²) in [5.74, 6) is -0.325. The van der Waals surface area contributed by atoms with E-state index in [4.69, 9.17) is 37.4 Å². The summed E-state index contributed by atoms with van der Waals surface area (Å²) in [6.45, 7) is 2.43. The summed E-state index contributed by atoms with van der Waals surface area (Å²) in [5.41, 5.74) is 2.66. The van der Waals surface area contributed by atoms with Gasteiger partial charge in [0.2, 0.25) is 0 Å². The number of likely N-dealkylation sites (N-methyl/N-ethyl adjacent to an activating group) is 1. The van der Waals surface area contributed by atoms with E-state index in [1.54, 1.807) is 31.3 Å². The predicted molar refractivity (Wildman–Crippen MR) is 154 cm³/mol. The van der Waals surface area contributed by atoms with E-state index in [1.165, 1.54) is 4.90 Å². The Bertz CT molecular complexity index is 1300. The summed E-state index contributed by atoms with van der Waals surface area (Å²) < 4.78 is 18.1. The molecule has 3 aromatic rings. The zero-order valence-electron chi connectivity index (χ0n) is 21.4. The molecule has 10 heteroatoms. The fraction of sp³-hybridized carbons (Fsp3) is 0.310. The lowest BCUT2D eigenvalue weighted by Gasteiger charge is -2.22. The zero-order chi connectivity index (χ0) is 27.8. The maximum Gasteiger partial charge on any atom is 0.311 e. The summed E-state index contributed by atoms with van der Waals surface area (Å²) in [7, 11) is 1.57. The number of amides is 2. The van der Waals surface area contributed by atoms with Gasteiger partial charge in [0, 0.05) is 49.5 Å². The summed E-state index contributed by atoms with van der Waals surface area (Å²) in [5, 5.41) is 3.49. The van der Waals surface area contributed by atoms with Crippen LogP contribution in [0.2, 0.25) is 10.0 Å². The Balaban J connectivity index is 1.29. The van der Waals surface area contributed by atoms with Gasteiger partial charge in [-0.05, 0) is 48.2 Å². The minimum absolute atomic E-state index is 0.165. The smallest absolute Gasteiger partial charge is 0.311 e. The molecule has 0 unspecified atom stereocenters. The van der Waals surface area contributed by atoms with Gasteiger partial charge in [-0.2, -0.15) is 0 Å². The third kappa shape index (κ3) is 8.68. The maximum atomic E-state index is 12.8. The van der Waals surface area contributed by atoms with Crippen molar-refractivity contribution in [2.75, 3.05) is 20.3 Å². The van der Waals surface area contributed by atoms with Gasteiger partial charge in [0.1, 0.15) is 11.5 Å². The lowest BCUT2D eigenvalue weighted by Crippen LogP contribution is -2.40. The Labute approximate surface area is 246 Å². The van der Waals surface area contributed by atoms with E-state index < -0.39 is 11.8 Å². The third-order valence-electron chi connectivity index (χ3n) is 6.23. The van der Waals surface area contributed by atoms with Crippen molar-refractivity contribution in [2.24, 2.45) is 0 Å². The summed E-state index contributed by atoms with van der Waals surface area (Å²) in [6, 6.07) is 18.2. The zero-order valence-corrected chi connectivity index (χ0v) is 24.5. The molecule has 7 nitrogen and oxygen atoms in total. The van der Waals surface area contributed by atoms with Crippen LogP contribution in [0.3, 0.4) is 0 Å². The quantitative estimate of drug-likeness (QED) is 0.271. The molecule has 206 valence electrons. The van der Waals surface area contributed by atoms with Crippen molar-refractivity contribution in [3.8, 4) is 11.5 Å². The van der Waals surface area contributed by atoms with Crippen molar-refractivity contribution in [3.05, 3.63) is 91.9 Å². The first-order chi connectivity index (χ1) is 18.8. The molecule has 0 saturated carbocycles. The number of benzene rings is 3. The van der Waals surface area contributed by atoms with Crippen LogP contribution in [0.5, 0.6) is 11.5 Å². The third-order valence-corrected chi connectivity index (χ3v) is 7.46. The molecule has 0 aromatic heterocycles. The Morgan fingerprint density at radius 2 is 1.72 bits per heavy atom. The number of hydrogen-bond donors (Lipinski definition) is 1.